The first-order chi connectivity index (χ1) is 12.3. The Kier molecular flexibility index (Phi) is 2.31. The number of aryl methyl sites for hydroxylation is 1. The molecule has 0 saturated heterocycles. The molecule has 0 aliphatic carbocycles. The highest BCUT2D eigenvalue weighted by Crippen LogP contribution is 2.36. The summed E-state index contributed by atoms with van der Waals surface area (Å²) >= 11 is 0. The Hall–Kier alpha value is -3.26. The van der Waals surface area contributed by atoms with Gasteiger partial charge in [0.2, 0.25) is 0 Å². The highest BCUT2D eigenvalue weighted by molar-refractivity contribution is 6.20. The number of hydrogen-bond donors (Lipinski definition) is 0. The first-order valence-corrected chi connectivity index (χ1v) is 8.42. The van der Waals surface area contributed by atoms with E-state index in [4.69, 9.17) is 8.83 Å². The zero-order valence-electron chi connectivity index (χ0n) is 13.7. The Morgan fingerprint density at radius 3 is 2.08 bits per heavy atom. The van der Waals surface area contributed by atoms with Gasteiger partial charge in [-0.3, -0.25) is 0 Å². The number of rotatable bonds is 0. The lowest BCUT2D eigenvalue weighted by atomic mass is 9.95. The van der Waals surface area contributed by atoms with E-state index in [-0.39, 0.29) is 0 Å². The van der Waals surface area contributed by atoms with Crippen molar-refractivity contribution < 1.29 is 8.83 Å². The van der Waals surface area contributed by atoms with Crippen molar-refractivity contribution in [1.29, 1.82) is 0 Å². The van der Waals surface area contributed by atoms with Gasteiger partial charge in [-0.25, -0.2) is 0 Å². The van der Waals surface area contributed by atoms with Gasteiger partial charge in [0.1, 0.15) is 11.2 Å². The quantitative estimate of drug-likeness (QED) is 0.283. The van der Waals surface area contributed by atoms with Crippen molar-refractivity contribution in [2.24, 2.45) is 0 Å². The maximum Gasteiger partial charge on any atom is 0.134 e. The summed E-state index contributed by atoms with van der Waals surface area (Å²) in [6.07, 6.45) is 3.58. The summed E-state index contributed by atoms with van der Waals surface area (Å²) in [5.74, 6) is 0. The van der Waals surface area contributed by atoms with E-state index in [9.17, 15) is 0 Å². The van der Waals surface area contributed by atoms with E-state index in [2.05, 4.69) is 55.5 Å². The van der Waals surface area contributed by atoms with Gasteiger partial charge in [-0.2, -0.15) is 0 Å². The molecular formula is C23H14O2. The van der Waals surface area contributed by atoms with Gasteiger partial charge >= 0.3 is 0 Å². The van der Waals surface area contributed by atoms with Crippen molar-refractivity contribution in [1.82, 2.24) is 0 Å². The molecule has 0 aliphatic rings. The van der Waals surface area contributed by atoms with Gasteiger partial charge in [0, 0.05) is 10.8 Å². The summed E-state index contributed by atoms with van der Waals surface area (Å²) < 4.78 is 11.2. The fourth-order valence-corrected chi connectivity index (χ4v) is 3.98. The average Bonchev–Trinajstić information content (AvgIpc) is 3.24. The zero-order chi connectivity index (χ0) is 16.5. The van der Waals surface area contributed by atoms with Crippen LogP contribution in [0, 0.1) is 6.92 Å². The summed E-state index contributed by atoms with van der Waals surface area (Å²) in [4.78, 5) is 0. The molecule has 0 bridgehead atoms. The van der Waals surface area contributed by atoms with E-state index < -0.39 is 0 Å². The van der Waals surface area contributed by atoms with Crippen LogP contribution in [0.3, 0.4) is 0 Å². The number of fused-ring (bicyclic) bond motifs is 7. The third-order valence-electron chi connectivity index (χ3n) is 5.29. The Bertz CT molecular complexity index is 1450. The molecule has 2 heterocycles. The molecule has 0 unspecified atom stereocenters. The van der Waals surface area contributed by atoms with Crippen LogP contribution in [0.25, 0.3) is 54.3 Å². The third kappa shape index (κ3) is 1.69. The summed E-state index contributed by atoms with van der Waals surface area (Å²) in [7, 11) is 0. The maximum atomic E-state index is 5.67. The van der Waals surface area contributed by atoms with Gasteiger partial charge in [-0.1, -0.05) is 24.3 Å². The molecule has 0 radical (unpaired) electrons. The third-order valence-corrected chi connectivity index (χ3v) is 5.29. The van der Waals surface area contributed by atoms with Gasteiger partial charge in [0.15, 0.2) is 0 Å². The van der Waals surface area contributed by atoms with E-state index in [1.165, 1.54) is 43.3 Å². The summed E-state index contributed by atoms with van der Waals surface area (Å²) in [6, 6.07) is 19.6. The standard InChI is InChI=1S/C23H14O2/c1-13-12-25-23-10-15-3-4-17-18(21(15)11-19(13)23)5-2-14-9-22-16(6-7-24-22)8-20(14)17/h2-12H,1H3. The molecule has 25 heavy (non-hydrogen) atoms. The molecule has 0 N–H and O–H groups in total. The molecule has 2 aromatic heterocycles. The van der Waals surface area contributed by atoms with Gasteiger partial charge in [-0.15, -0.1) is 0 Å². The van der Waals surface area contributed by atoms with Crippen molar-refractivity contribution in [3.05, 3.63) is 72.7 Å². The van der Waals surface area contributed by atoms with Gasteiger partial charge in [0.05, 0.1) is 12.5 Å². The van der Waals surface area contributed by atoms with Crippen LogP contribution in [0.1, 0.15) is 5.56 Å². The van der Waals surface area contributed by atoms with Crippen LogP contribution in [-0.2, 0) is 0 Å². The number of benzene rings is 4. The molecule has 2 heteroatoms. The van der Waals surface area contributed by atoms with Gasteiger partial charge in [0.25, 0.3) is 0 Å². The van der Waals surface area contributed by atoms with E-state index >= 15 is 0 Å². The molecule has 4 aromatic carbocycles. The fraction of sp³-hybridized carbons (Fsp3) is 0.0435. The molecule has 0 spiro atoms. The molecule has 6 rings (SSSR count). The smallest absolute Gasteiger partial charge is 0.134 e. The van der Waals surface area contributed by atoms with Gasteiger partial charge < -0.3 is 8.83 Å². The van der Waals surface area contributed by atoms with Crippen LogP contribution in [0.15, 0.2) is 76.0 Å². The van der Waals surface area contributed by atoms with Crippen molar-refractivity contribution in [3.63, 3.8) is 0 Å². The molecule has 0 amide bonds. The Morgan fingerprint density at radius 1 is 0.560 bits per heavy atom. The zero-order valence-corrected chi connectivity index (χ0v) is 13.7. The van der Waals surface area contributed by atoms with E-state index in [0.29, 0.717) is 0 Å². The number of furan rings is 2. The second kappa shape index (κ2) is 4.42. The second-order valence-electron chi connectivity index (χ2n) is 6.75. The van der Waals surface area contributed by atoms with Crippen molar-refractivity contribution >= 4 is 54.3 Å². The minimum absolute atomic E-state index is 0.934. The minimum Gasteiger partial charge on any atom is -0.464 e. The summed E-state index contributed by atoms with van der Waals surface area (Å²) in [6.45, 7) is 2.09. The predicted octanol–water partition coefficient (Wildman–Crippen LogP) is 6.95. The lowest BCUT2D eigenvalue weighted by Crippen LogP contribution is -1.82. The molecule has 0 fully saturated rings. The lowest BCUT2D eigenvalue weighted by Gasteiger charge is -2.08. The minimum atomic E-state index is 0.934. The maximum absolute atomic E-state index is 5.67. The molecule has 2 nitrogen and oxygen atoms in total. The predicted molar refractivity (Wildman–Crippen MR) is 103 cm³/mol. The van der Waals surface area contributed by atoms with E-state index in [1.54, 1.807) is 6.26 Å². The first-order valence-electron chi connectivity index (χ1n) is 8.42. The van der Waals surface area contributed by atoms with Crippen LogP contribution < -0.4 is 0 Å². The van der Waals surface area contributed by atoms with Gasteiger partial charge in [-0.05, 0) is 75.1 Å². The Balaban J connectivity index is 1.83. The van der Waals surface area contributed by atoms with Crippen LogP contribution >= 0.6 is 0 Å². The second-order valence-corrected chi connectivity index (χ2v) is 6.75. The molecule has 118 valence electrons. The van der Waals surface area contributed by atoms with Crippen LogP contribution in [0.2, 0.25) is 0 Å². The molecule has 0 saturated carbocycles. The Morgan fingerprint density at radius 2 is 1.28 bits per heavy atom. The highest BCUT2D eigenvalue weighted by Gasteiger charge is 2.10. The number of hydrogen-bond acceptors (Lipinski definition) is 2. The summed E-state index contributed by atoms with van der Waals surface area (Å²) in [5, 5.41) is 9.81. The van der Waals surface area contributed by atoms with Crippen LogP contribution in [-0.4, -0.2) is 0 Å². The topological polar surface area (TPSA) is 26.3 Å². The van der Waals surface area contributed by atoms with Crippen LogP contribution in [0.4, 0.5) is 0 Å². The van der Waals surface area contributed by atoms with Crippen molar-refractivity contribution in [3.8, 4) is 0 Å². The monoisotopic (exact) mass is 322 g/mol. The fourth-order valence-electron chi connectivity index (χ4n) is 3.98. The highest BCUT2D eigenvalue weighted by atomic mass is 16.3. The first kappa shape index (κ1) is 13.1. The SMILES string of the molecule is Cc1coc2cc3ccc4c5cc6ccoc6cc5ccc4c3cc12. The van der Waals surface area contributed by atoms with Crippen molar-refractivity contribution in [2.45, 2.75) is 6.92 Å². The molecular weight excluding hydrogens is 308 g/mol. The van der Waals surface area contributed by atoms with Crippen LogP contribution in [0.5, 0.6) is 0 Å². The average molecular weight is 322 g/mol. The lowest BCUT2D eigenvalue weighted by molar-refractivity contribution is 0.613. The summed E-state index contributed by atoms with van der Waals surface area (Å²) in [5.41, 5.74) is 3.06. The largest absolute Gasteiger partial charge is 0.464 e. The van der Waals surface area contributed by atoms with E-state index in [1.807, 2.05) is 12.3 Å². The van der Waals surface area contributed by atoms with E-state index in [0.717, 1.165) is 16.6 Å². The van der Waals surface area contributed by atoms with Crippen molar-refractivity contribution in [2.75, 3.05) is 0 Å². The molecule has 0 aliphatic heterocycles. The Labute approximate surface area is 143 Å². The molecule has 0 atom stereocenters. The molecule has 6 aromatic rings. The normalized spacial score (nSPS) is 12.2.